The first-order valence-corrected chi connectivity index (χ1v) is 10.0. The van der Waals surface area contributed by atoms with Crippen LogP contribution in [-0.4, -0.2) is 43.1 Å². The van der Waals surface area contributed by atoms with Gasteiger partial charge in [0, 0.05) is 24.5 Å². The van der Waals surface area contributed by atoms with E-state index in [2.05, 4.69) is 30.9 Å². The Bertz CT molecular complexity index is 1150. The third-order valence-corrected chi connectivity index (χ3v) is 5.14. The Morgan fingerprint density at radius 3 is 2.69 bits per heavy atom. The molecule has 0 spiro atoms. The molecule has 2 N–H and O–H groups in total. The van der Waals surface area contributed by atoms with Crippen LogP contribution in [0.2, 0.25) is 0 Å². The van der Waals surface area contributed by atoms with E-state index in [0.717, 1.165) is 11.3 Å². The maximum atomic E-state index is 13.0. The second kappa shape index (κ2) is 8.69. The summed E-state index contributed by atoms with van der Waals surface area (Å²) in [6.45, 7) is 3.60. The normalized spacial score (nSPS) is 18.0. The zero-order chi connectivity index (χ0) is 22.8. The van der Waals surface area contributed by atoms with E-state index >= 15 is 0 Å². The Morgan fingerprint density at radius 2 is 2.03 bits per heavy atom. The topological polar surface area (TPSA) is 124 Å². The molecular formula is C21H22FN7O3. The lowest BCUT2D eigenvalue weighted by molar-refractivity contribution is -0.117. The minimum Gasteiger partial charge on any atom is -0.441 e. The summed E-state index contributed by atoms with van der Waals surface area (Å²) < 4.78 is 19.9. The van der Waals surface area contributed by atoms with Crippen LogP contribution in [0.5, 0.6) is 0 Å². The molecule has 1 aliphatic rings. The first-order valence-electron chi connectivity index (χ1n) is 10.0. The number of nitrogens with one attached hydrogen (secondary N) is 2. The van der Waals surface area contributed by atoms with Gasteiger partial charge in [-0.15, -0.1) is 5.10 Å². The fraction of sp³-hybridized carbons (Fsp3) is 0.333. The van der Waals surface area contributed by atoms with E-state index < -0.39 is 24.3 Å². The summed E-state index contributed by atoms with van der Waals surface area (Å²) in [5, 5.41) is 13.3. The fourth-order valence-electron chi connectivity index (χ4n) is 3.22. The molecule has 0 aromatic carbocycles. The second-order valence-electron chi connectivity index (χ2n) is 7.54. The second-order valence-corrected chi connectivity index (χ2v) is 7.54. The third-order valence-electron chi connectivity index (χ3n) is 5.14. The number of hydrogen-bond donors (Lipinski definition) is 2. The maximum absolute atomic E-state index is 13.0. The van der Waals surface area contributed by atoms with Crippen molar-refractivity contribution in [1.29, 1.82) is 0 Å². The lowest BCUT2D eigenvalue weighted by Crippen LogP contribution is -2.19. The zero-order valence-corrected chi connectivity index (χ0v) is 17.7. The van der Waals surface area contributed by atoms with Crippen molar-refractivity contribution in [3.63, 3.8) is 0 Å². The van der Waals surface area contributed by atoms with Crippen LogP contribution in [0.25, 0.3) is 11.4 Å². The summed E-state index contributed by atoms with van der Waals surface area (Å²) in [5.41, 5.74) is 2.78. The van der Waals surface area contributed by atoms with E-state index in [1.54, 1.807) is 38.4 Å². The molecule has 10 nitrogen and oxygen atoms in total. The number of carbonyl (C=O) groups is 2. The van der Waals surface area contributed by atoms with Gasteiger partial charge < -0.3 is 10.1 Å². The van der Waals surface area contributed by atoms with Crippen LogP contribution in [0, 0.1) is 12.8 Å². The maximum Gasteiger partial charge on any atom is 0.413 e. The van der Waals surface area contributed by atoms with Crippen LogP contribution in [-0.2, 0) is 16.6 Å². The van der Waals surface area contributed by atoms with Gasteiger partial charge in [-0.3, -0.25) is 20.1 Å². The third kappa shape index (κ3) is 4.56. The number of pyridine rings is 2. The van der Waals surface area contributed by atoms with E-state index in [-0.39, 0.29) is 12.3 Å². The van der Waals surface area contributed by atoms with Crippen molar-refractivity contribution < 1.29 is 18.7 Å². The molecule has 1 aliphatic carbocycles. The van der Waals surface area contributed by atoms with Gasteiger partial charge >= 0.3 is 6.09 Å². The van der Waals surface area contributed by atoms with Gasteiger partial charge in [0.2, 0.25) is 5.91 Å². The van der Waals surface area contributed by atoms with E-state index in [1.165, 1.54) is 10.9 Å². The zero-order valence-electron chi connectivity index (χ0n) is 17.7. The van der Waals surface area contributed by atoms with E-state index in [9.17, 15) is 14.0 Å². The van der Waals surface area contributed by atoms with Crippen LogP contribution in [0.1, 0.15) is 30.7 Å². The monoisotopic (exact) mass is 439 g/mol. The lowest BCUT2D eigenvalue weighted by atomic mass is 10.1. The summed E-state index contributed by atoms with van der Waals surface area (Å²) in [4.78, 5) is 32.8. The highest BCUT2D eigenvalue weighted by atomic mass is 19.1. The Morgan fingerprint density at radius 1 is 1.25 bits per heavy atom. The SMILES string of the molecule is Cc1ncccc1[C@@H](C)OC(=O)Nc1c(-c2ccc(NC(=O)[C@H]3C[C@@H]3F)cn2)nnn1C. The van der Waals surface area contributed by atoms with Gasteiger partial charge in [-0.25, -0.2) is 13.9 Å². The quantitative estimate of drug-likeness (QED) is 0.604. The number of nitrogens with zero attached hydrogens (tertiary/aromatic N) is 5. The number of ether oxygens (including phenoxy) is 1. The van der Waals surface area contributed by atoms with Crippen molar-refractivity contribution in [2.45, 2.75) is 32.5 Å². The van der Waals surface area contributed by atoms with Gasteiger partial charge in [0.15, 0.2) is 11.5 Å². The van der Waals surface area contributed by atoms with E-state index in [4.69, 9.17) is 4.74 Å². The van der Waals surface area contributed by atoms with Crippen molar-refractivity contribution >= 4 is 23.5 Å². The molecule has 2 amide bonds. The van der Waals surface area contributed by atoms with Crippen molar-refractivity contribution in [3.8, 4) is 11.4 Å². The summed E-state index contributed by atoms with van der Waals surface area (Å²) in [5.74, 6) is -0.656. The van der Waals surface area contributed by atoms with Gasteiger partial charge in [-0.1, -0.05) is 11.3 Å². The largest absolute Gasteiger partial charge is 0.441 e. The van der Waals surface area contributed by atoms with Crippen molar-refractivity contribution in [2.24, 2.45) is 13.0 Å². The van der Waals surface area contributed by atoms with Gasteiger partial charge in [0.1, 0.15) is 12.3 Å². The lowest BCUT2D eigenvalue weighted by Gasteiger charge is -2.16. The number of halogens is 1. The Kier molecular flexibility index (Phi) is 5.80. The Labute approximate surface area is 183 Å². The standard InChI is InChI=1S/C21H22FN7O3/c1-11-14(5-4-8-23-11)12(2)32-21(31)26-19-18(27-28-29(19)3)17-7-6-13(10-24-17)25-20(30)15-9-16(15)22/h4-8,10,12,15-16H,9H2,1-3H3,(H,25,30)(H,26,31)/t12-,15+,16+/m1/s1. The van der Waals surface area contributed by atoms with Crippen LogP contribution in [0.4, 0.5) is 20.7 Å². The fourth-order valence-corrected chi connectivity index (χ4v) is 3.22. The molecule has 3 heterocycles. The predicted molar refractivity (Wildman–Crippen MR) is 113 cm³/mol. The molecule has 0 saturated heterocycles. The number of aromatic nitrogens is 5. The number of amides is 2. The van der Waals surface area contributed by atoms with Gasteiger partial charge in [-0.05, 0) is 38.5 Å². The molecule has 3 atom stereocenters. The molecule has 0 radical (unpaired) electrons. The summed E-state index contributed by atoms with van der Waals surface area (Å²) >= 11 is 0. The number of hydrogen-bond acceptors (Lipinski definition) is 7. The summed E-state index contributed by atoms with van der Waals surface area (Å²) in [6.07, 6.45) is 1.10. The molecule has 32 heavy (non-hydrogen) atoms. The minimum atomic E-state index is -1.07. The highest BCUT2D eigenvalue weighted by molar-refractivity contribution is 5.95. The number of rotatable bonds is 6. The van der Waals surface area contributed by atoms with E-state index in [0.29, 0.717) is 22.9 Å². The molecule has 4 rings (SSSR count). The number of aryl methyl sites for hydroxylation is 2. The Hall–Kier alpha value is -3.89. The van der Waals surface area contributed by atoms with Gasteiger partial charge in [0.25, 0.3) is 0 Å². The smallest absolute Gasteiger partial charge is 0.413 e. The van der Waals surface area contributed by atoms with Crippen molar-refractivity contribution in [2.75, 3.05) is 10.6 Å². The molecular weight excluding hydrogens is 417 g/mol. The molecule has 0 unspecified atom stereocenters. The summed E-state index contributed by atoms with van der Waals surface area (Å²) in [7, 11) is 1.62. The molecule has 3 aromatic heterocycles. The highest BCUT2D eigenvalue weighted by Gasteiger charge is 2.43. The molecule has 0 bridgehead atoms. The van der Waals surface area contributed by atoms with Gasteiger partial charge in [0.05, 0.1) is 23.5 Å². The summed E-state index contributed by atoms with van der Waals surface area (Å²) in [6, 6.07) is 6.87. The highest BCUT2D eigenvalue weighted by Crippen LogP contribution is 2.34. The molecule has 1 saturated carbocycles. The van der Waals surface area contributed by atoms with Gasteiger partial charge in [-0.2, -0.15) is 0 Å². The number of anilines is 2. The minimum absolute atomic E-state index is 0.251. The predicted octanol–water partition coefficient (Wildman–Crippen LogP) is 3.19. The first kappa shape index (κ1) is 21.3. The average Bonchev–Trinajstić information content (AvgIpc) is 3.40. The van der Waals surface area contributed by atoms with Crippen LogP contribution < -0.4 is 10.6 Å². The number of alkyl halides is 1. The molecule has 1 fully saturated rings. The Balaban J connectivity index is 1.44. The van der Waals surface area contributed by atoms with Crippen molar-refractivity contribution in [1.82, 2.24) is 25.0 Å². The van der Waals surface area contributed by atoms with Crippen LogP contribution in [0.15, 0.2) is 36.7 Å². The van der Waals surface area contributed by atoms with Crippen LogP contribution >= 0.6 is 0 Å². The average molecular weight is 439 g/mol. The van der Waals surface area contributed by atoms with Crippen molar-refractivity contribution in [3.05, 3.63) is 47.9 Å². The molecule has 0 aliphatic heterocycles. The molecule has 11 heteroatoms. The number of carbonyl (C=O) groups excluding carboxylic acids is 2. The van der Waals surface area contributed by atoms with E-state index in [1.807, 2.05) is 13.0 Å². The first-order chi connectivity index (χ1) is 15.3. The molecule has 3 aromatic rings. The molecule has 166 valence electrons. The van der Waals surface area contributed by atoms with Crippen LogP contribution in [0.3, 0.4) is 0 Å².